The molecule has 2 heteroatoms. The average Bonchev–Trinajstić information content (AvgIpc) is 3.70. The van der Waals surface area contributed by atoms with Crippen molar-refractivity contribution in [3.05, 3.63) is 146 Å². The summed E-state index contributed by atoms with van der Waals surface area (Å²) in [6, 6.07) is 51.4. The zero-order chi connectivity index (χ0) is 27.6. The third-order valence-corrected chi connectivity index (χ3v) is 8.50. The fourth-order valence-corrected chi connectivity index (χ4v) is 6.45. The SMILES string of the molecule is c1ccc(-c2ccc3c(c2)c2ccccc2c2ccc(-c4ccc(-c5ccc6oc7ccccc7c6c5)o4)cc23)cc1. The molecule has 7 aromatic carbocycles. The quantitative estimate of drug-likeness (QED) is 0.210. The second-order valence-corrected chi connectivity index (χ2v) is 10.9. The van der Waals surface area contributed by atoms with E-state index in [0.717, 1.165) is 44.6 Å². The van der Waals surface area contributed by atoms with E-state index in [4.69, 9.17) is 8.83 Å². The van der Waals surface area contributed by atoms with Crippen molar-refractivity contribution in [1.29, 1.82) is 0 Å². The molecule has 9 aromatic rings. The molecule has 2 nitrogen and oxygen atoms in total. The van der Waals surface area contributed by atoms with Crippen molar-refractivity contribution in [2.45, 2.75) is 0 Å². The van der Waals surface area contributed by atoms with Gasteiger partial charge in [0.25, 0.3) is 0 Å². The van der Waals surface area contributed by atoms with E-state index in [1.807, 2.05) is 24.3 Å². The lowest BCUT2D eigenvalue weighted by Gasteiger charge is -2.13. The van der Waals surface area contributed by atoms with E-state index in [1.165, 1.54) is 43.4 Å². The summed E-state index contributed by atoms with van der Waals surface area (Å²) in [5, 5.41) is 9.73. The molecule has 196 valence electrons. The maximum Gasteiger partial charge on any atom is 0.135 e. The van der Waals surface area contributed by atoms with Crippen LogP contribution in [0.2, 0.25) is 0 Å². The first-order valence-corrected chi connectivity index (χ1v) is 14.3. The molecule has 2 aromatic heterocycles. The summed E-state index contributed by atoms with van der Waals surface area (Å²) in [6.45, 7) is 0. The molecule has 9 rings (SSSR count). The standard InChI is InChI=1S/C40H24O2/c1-2-8-25(9-3-1)26-14-17-32-34(22-26)30-11-5-4-10-29(30)31-18-15-27(23-35(31)32)37-20-21-38(41-37)28-16-19-40-36(24-28)33-12-6-7-13-39(33)42-40/h1-24H. The Bertz CT molecular complexity index is 2460. The number of benzene rings is 7. The second-order valence-electron chi connectivity index (χ2n) is 10.9. The summed E-state index contributed by atoms with van der Waals surface area (Å²) < 4.78 is 12.5. The Morgan fingerprint density at radius 2 is 0.762 bits per heavy atom. The van der Waals surface area contributed by atoms with Crippen LogP contribution in [0.15, 0.2) is 154 Å². The van der Waals surface area contributed by atoms with E-state index in [1.54, 1.807) is 0 Å². The van der Waals surface area contributed by atoms with Crippen molar-refractivity contribution in [3.63, 3.8) is 0 Å². The van der Waals surface area contributed by atoms with Gasteiger partial charge in [0, 0.05) is 21.9 Å². The molecule has 0 unspecified atom stereocenters. The van der Waals surface area contributed by atoms with Crippen LogP contribution in [0.1, 0.15) is 0 Å². The minimum Gasteiger partial charge on any atom is -0.456 e. The van der Waals surface area contributed by atoms with E-state index in [9.17, 15) is 0 Å². The average molecular weight is 537 g/mol. The van der Waals surface area contributed by atoms with Crippen molar-refractivity contribution in [2.24, 2.45) is 0 Å². The number of hydrogen-bond donors (Lipinski definition) is 0. The van der Waals surface area contributed by atoms with E-state index < -0.39 is 0 Å². The van der Waals surface area contributed by atoms with Crippen LogP contribution in [-0.2, 0) is 0 Å². The highest BCUT2D eigenvalue weighted by molar-refractivity contribution is 6.26. The van der Waals surface area contributed by atoms with Gasteiger partial charge in [0.2, 0.25) is 0 Å². The van der Waals surface area contributed by atoms with Gasteiger partial charge >= 0.3 is 0 Å². The van der Waals surface area contributed by atoms with Crippen LogP contribution < -0.4 is 0 Å². The summed E-state index contributed by atoms with van der Waals surface area (Å²) in [5.41, 5.74) is 6.33. The van der Waals surface area contributed by atoms with Gasteiger partial charge in [-0.3, -0.25) is 0 Å². The largest absolute Gasteiger partial charge is 0.456 e. The van der Waals surface area contributed by atoms with E-state index in [0.29, 0.717) is 0 Å². The van der Waals surface area contributed by atoms with Crippen LogP contribution in [0, 0.1) is 0 Å². The Balaban J connectivity index is 1.19. The predicted molar refractivity (Wildman–Crippen MR) is 175 cm³/mol. The van der Waals surface area contributed by atoms with Gasteiger partial charge in [-0.15, -0.1) is 0 Å². The van der Waals surface area contributed by atoms with Crippen LogP contribution in [0.25, 0.3) is 88.0 Å². The first kappa shape index (κ1) is 23.1. The molecule has 42 heavy (non-hydrogen) atoms. The number of rotatable bonds is 3. The summed E-state index contributed by atoms with van der Waals surface area (Å²) in [4.78, 5) is 0. The van der Waals surface area contributed by atoms with Crippen LogP contribution in [0.5, 0.6) is 0 Å². The maximum atomic E-state index is 6.49. The summed E-state index contributed by atoms with van der Waals surface area (Å²) in [7, 11) is 0. The van der Waals surface area contributed by atoms with E-state index >= 15 is 0 Å². The minimum absolute atomic E-state index is 0.841. The molecule has 0 aliphatic carbocycles. The normalized spacial score (nSPS) is 11.8. The molecule has 0 fully saturated rings. The Kier molecular flexibility index (Phi) is 4.93. The topological polar surface area (TPSA) is 26.3 Å². The molecule has 0 amide bonds. The van der Waals surface area contributed by atoms with Crippen molar-refractivity contribution in [2.75, 3.05) is 0 Å². The molecule has 2 heterocycles. The van der Waals surface area contributed by atoms with Crippen LogP contribution in [-0.4, -0.2) is 0 Å². The molecule has 0 aliphatic heterocycles. The number of para-hydroxylation sites is 1. The zero-order valence-corrected chi connectivity index (χ0v) is 22.7. The van der Waals surface area contributed by atoms with Crippen molar-refractivity contribution in [3.8, 4) is 33.8 Å². The predicted octanol–water partition coefficient (Wildman–Crippen LogP) is 11.6. The summed E-state index contributed by atoms with van der Waals surface area (Å²) in [6.07, 6.45) is 0. The molecule has 0 bridgehead atoms. The number of hydrogen-bond acceptors (Lipinski definition) is 2. The molecule has 0 aliphatic rings. The highest BCUT2D eigenvalue weighted by Crippen LogP contribution is 2.40. The molecule has 0 atom stereocenters. The lowest BCUT2D eigenvalue weighted by atomic mass is 9.91. The molecule has 0 N–H and O–H groups in total. The molecule has 0 spiro atoms. The van der Waals surface area contributed by atoms with Crippen LogP contribution in [0.3, 0.4) is 0 Å². The van der Waals surface area contributed by atoms with Crippen LogP contribution in [0.4, 0.5) is 0 Å². The Hall–Kier alpha value is -5.60. The van der Waals surface area contributed by atoms with Gasteiger partial charge in [0.15, 0.2) is 0 Å². The van der Waals surface area contributed by atoms with Gasteiger partial charge in [-0.1, -0.05) is 97.1 Å². The lowest BCUT2D eigenvalue weighted by molar-refractivity contribution is 0.597. The molecular weight excluding hydrogens is 512 g/mol. The van der Waals surface area contributed by atoms with Gasteiger partial charge in [-0.05, 0) is 92.0 Å². The Labute approximate surface area is 242 Å². The van der Waals surface area contributed by atoms with E-state index in [2.05, 4.69) is 121 Å². The fourth-order valence-electron chi connectivity index (χ4n) is 6.45. The smallest absolute Gasteiger partial charge is 0.135 e. The molecule has 0 saturated carbocycles. The van der Waals surface area contributed by atoms with Gasteiger partial charge in [-0.25, -0.2) is 0 Å². The molecule has 0 radical (unpaired) electrons. The lowest BCUT2D eigenvalue weighted by Crippen LogP contribution is -1.86. The Morgan fingerprint density at radius 3 is 1.52 bits per heavy atom. The Morgan fingerprint density at radius 1 is 0.262 bits per heavy atom. The van der Waals surface area contributed by atoms with Crippen molar-refractivity contribution >= 4 is 54.3 Å². The minimum atomic E-state index is 0.841. The summed E-state index contributed by atoms with van der Waals surface area (Å²) >= 11 is 0. The fraction of sp³-hybridized carbons (Fsp3) is 0. The van der Waals surface area contributed by atoms with Crippen LogP contribution >= 0.6 is 0 Å². The third-order valence-electron chi connectivity index (χ3n) is 8.50. The van der Waals surface area contributed by atoms with Gasteiger partial charge in [-0.2, -0.15) is 0 Å². The highest BCUT2D eigenvalue weighted by Gasteiger charge is 2.14. The van der Waals surface area contributed by atoms with Crippen molar-refractivity contribution < 1.29 is 8.83 Å². The maximum absolute atomic E-state index is 6.49. The van der Waals surface area contributed by atoms with Gasteiger partial charge in [0.05, 0.1) is 0 Å². The number of fused-ring (bicyclic) bond motifs is 9. The zero-order valence-electron chi connectivity index (χ0n) is 22.7. The van der Waals surface area contributed by atoms with Crippen molar-refractivity contribution in [1.82, 2.24) is 0 Å². The van der Waals surface area contributed by atoms with E-state index in [-0.39, 0.29) is 0 Å². The first-order valence-electron chi connectivity index (χ1n) is 14.3. The number of furan rings is 2. The summed E-state index contributed by atoms with van der Waals surface area (Å²) in [5.74, 6) is 1.69. The first-order chi connectivity index (χ1) is 20.8. The van der Waals surface area contributed by atoms with Gasteiger partial charge in [0.1, 0.15) is 22.7 Å². The highest BCUT2D eigenvalue weighted by atomic mass is 16.3. The third kappa shape index (κ3) is 3.52. The molecular formula is C40H24O2. The van der Waals surface area contributed by atoms with Gasteiger partial charge < -0.3 is 8.83 Å². The monoisotopic (exact) mass is 536 g/mol. The second kappa shape index (κ2) is 8.95. The molecule has 0 saturated heterocycles.